The van der Waals surface area contributed by atoms with Crippen LogP contribution in [0.3, 0.4) is 0 Å². The van der Waals surface area contributed by atoms with Crippen LogP contribution >= 0.6 is 0 Å². The number of ether oxygens (including phenoxy) is 1. The van der Waals surface area contributed by atoms with Crippen molar-refractivity contribution in [1.29, 1.82) is 0 Å². The van der Waals surface area contributed by atoms with Gasteiger partial charge >= 0.3 is 0 Å². The lowest BCUT2D eigenvalue weighted by atomic mass is 10.1. The van der Waals surface area contributed by atoms with Crippen molar-refractivity contribution in [3.63, 3.8) is 0 Å². The fraction of sp³-hybridized carbons (Fsp3) is 0.474. The Labute approximate surface area is 148 Å². The van der Waals surface area contributed by atoms with Gasteiger partial charge in [0.2, 0.25) is 0 Å². The summed E-state index contributed by atoms with van der Waals surface area (Å²) < 4.78 is 7.28. The molecule has 3 rings (SSSR count). The molecule has 1 aromatic heterocycles. The van der Waals surface area contributed by atoms with E-state index < -0.39 is 6.10 Å². The highest BCUT2D eigenvalue weighted by Gasteiger charge is 2.21. The van der Waals surface area contributed by atoms with Crippen LogP contribution in [-0.4, -0.2) is 51.7 Å². The number of likely N-dealkylation sites (tertiary alicyclic amines) is 1. The monoisotopic (exact) mass is 342 g/mol. The van der Waals surface area contributed by atoms with Crippen molar-refractivity contribution in [2.75, 3.05) is 26.7 Å². The maximum Gasteiger partial charge on any atom is 0.126 e. The Morgan fingerprint density at radius 1 is 1.32 bits per heavy atom. The number of hydrogen-bond donors (Lipinski definition) is 1. The number of aliphatic hydroxyl groups excluding tert-OH is 1. The molecule has 0 unspecified atom stereocenters. The van der Waals surface area contributed by atoms with Crippen LogP contribution in [0.15, 0.2) is 36.5 Å². The van der Waals surface area contributed by atoms with Crippen molar-refractivity contribution in [2.24, 2.45) is 0 Å². The van der Waals surface area contributed by atoms with E-state index in [4.69, 9.17) is 4.74 Å². The molecule has 0 spiro atoms. The average molecular weight is 342 g/mol. The minimum atomic E-state index is -0.561. The van der Waals surface area contributed by atoms with E-state index in [1.54, 1.807) is 14.0 Å². The van der Waals surface area contributed by atoms with Crippen LogP contribution in [0.5, 0.6) is 5.75 Å². The summed E-state index contributed by atoms with van der Waals surface area (Å²) >= 11 is 0. The molecular formula is C19H26N4O2. The van der Waals surface area contributed by atoms with Crippen molar-refractivity contribution < 1.29 is 9.84 Å². The summed E-state index contributed by atoms with van der Waals surface area (Å²) in [6, 6.07) is 8.41. The van der Waals surface area contributed by atoms with E-state index in [0.717, 1.165) is 43.8 Å². The first-order chi connectivity index (χ1) is 12.2. The van der Waals surface area contributed by atoms with Gasteiger partial charge in [0, 0.05) is 25.2 Å². The third-order valence-corrected chi connectivity index (χ3v) is 4.69. The smallest absolute Gasteiger partial charge is 0.126 e. The number of nitrogens with zero attached hydrogens (tertiary/aromatic N) is 4. The van der Waals surface area contributed by atoms with Gasteiger partial charge in [-0.15, -0.1) is 5.10 Å². The Balaban J connectivity index is 1.50. The van der Waals surface area contributed by atoms with Crippen LogP contribution in [0.1, 0.15) is 43.2 Å². The molecule has 1 aliphatic heterocycles. The van der Waals surface area contributed by atoms with E-state index in [9.17, 15) is 5.11 Å². The second kappa shape index (κ2) is 8.27. The lowest BCUT2D eigenvalue weighted by Crippen LogP contribution is -2.34. The van der Waals surface area contributed by atoms with E-state index >= 15 is 0 Å². The Hall–Kier alpha value is -2.18. The van der Waals surface area contributed by atoms with Gasteiger partial charge in [0.05, 0.1) is 25.5 Å². The summed E-state index contributed by atoms with van der Waals surface area (Å²) in [5, 5.41) is 17.8. The Morgan fingerprint density at radius 2 is 2.08 bits per heavy atom. The zero-order valence-electron chi connectivity index (χ0n) is 14.9. The third-order valence-electron chi connectivity index (χ3n) is 4.69. The molecule has 25 heavy (non-hydrogen) atoms. The summed E-state index contributed by atoms with van der Waals surface area (Å²) in [6.45, 7) is 4.71. The van der Waals surface area contributed by atoms with Gasteiger partial charge in [-0.2, -0.15) is 0 Å². The molecule has 0 amide bonds. The molecule has 1 N–H and O–H groups in total. The predicted octanol–water partition coefficient (Wildman–Crippen LogP) is 2.69. The van der Waals surface area contributed by atoms with Crippen LogP contribution in [0.2, 0.25) is 0 Å². The normalized spacial score (nSPS) is 17.9. The first-order valence-electron chi connectivity index (χ1n) is 8.79. The predicted molar refractivity (Wildman–Crippen MR) is 97.4 cm³/mol. The van der Waals surface area contributed by atoms with Crippen LogP contribution < -0.4 is 4.74 Å². The van der Waals surface area contributed by atoms with E-state index in [0.29, 0.717) is 11.7 Å². The number of para-hydroxylation sites is 1. The standard InChI is InChI=1S/C19H26N4O2/c1-15(24)18-14-23(21-20-18)17-9-12-22(13-10-17)11-5-7-16-6-3-4-8-19(16)25-2/h3-8,14-15,17,24H,9-13H2,1-2H3/b7-5+/t15-/m0/s1. The molecule has 2 heterocycles. The number of aromatic nitrogens is 3. The number of piperidine rings is 1. The zero-order chi connectivity index (χ0) is 17.6. The number of benzene rings is 1. The largest absolute Gasteiger partial charge is 0.496 e. The molecule has 1 fully saturated rings. The first kappa shape index (κ1) is 17.6. The average Bonchev–Trinajstić information content (AvgIpc) is 3.13. The van der Waals surface area contributed by atoms with Gasteiger partial charge in [-0.3, -0.25) is 4.90 Å². The van der Waals surface area contributed by atoms with Crippen LogP contribution in [0, 0.1) is 0 Å². The highest BCUT2D eigenvalue weighted by Crippen LogP contribution is 2.23. The van der Waals surface area contributed by atoms with Gasteiger partial charge in [0.15, 0.2) is 0 Å². The summed E-state index contributed by atoms with van der Waals surface area (Å²) in [6.07, 6.45) is 7.72. The van der Waals surface area contributed by atoms with Crippen molar-refractivity contribution in [1.82, 2.24) is 19.9 Å². The maximum absolute atomic E-state index is 9.57. The van der Waals surface area contributed by atoms with Crippen molar-refractivity contribution in [3.8, 4) is 5.75 Å². The van der Waals surface area contributed by atoms with Gasteiger partial charge < -0.3 is 9.84 Å². The Bertz CT molecular complexity index is 703. The van der Waals surface area contributed by atoms with E-state index in [1.165, 1.54) is 0 Å². The topological polar surface area (TPSA) is 63.4 Å². The summed E-state index contributed by atoms with van der Waals surface area (Å²) in [4.78, 5) is 2.44. The van der Waals surface area contributed by atoms with Gasteiger partial charge in [-0.1, -0.05) is 35.6 Å². The Morgan fingerprint density at radius 3 is 2.76 bits per heavy atom. The van der Waals surface area contributed by atoms with Crippen LogP contribution in [0.25, 0.3) is 6.08 Å². The quantitative estimate of drug-likeness (QED) is 0.874. The van der Waals surface area contributed by atoms with Crippen LogP contribution in [0.4, 0.5) is 0 Å². The molecule has 6 nitrogen and oxygen atoms in total. The minimum Gasteiger partial charge on any atom is -0.496 e. The summed E-state index contributed by atoms with van der Waals surface area (Å²) in [5.41, 5.74) is 1.75. The fourth-order valence-corrected chi connectivity index (χ4v) is 3.16. The molecule has 1 aliphatic rings. The molecule has 134 valence electrons. The fourth-order valence-electron chi connectivity index (χ4n) is 3.16. The Kier molecular flexibility index (Phi) is 5.83. The molecule has 1 atom stereocenters. The van der Waals surface area contributed by atoms with E-state index in [-0.39, 0.29) is 0 Å². The lowest BCUT2D eigenvalue weighted by Gasteiger charge is -2.30. The molecule has 1 aromatic carbocycles. The van der Waals surface area contributed by atoms with Crippen molar-refractivity contribution in [2.45, 2.75) is 31.9 Å². The summed E-state index contributed by atoms with van der Waals surface area (Å²) in [7, 11) is 1.70. The van der Waals surface area contributed by atoms with E-state index in [1.807, 2.05) is 29.1 Å². The number of hydrogen-bond acceptors (Lipinski definition) is 5. The molecule has 6 heteroatoms. The molecule has 1 saturated heterocycles. The number of methoxy groups -OCH3 is 1. The summed E-state index contributed by atoms with van der Waals surface area (Å²) in [5.74, 6) is 0.901. The van der Waals surface area contributed by atoms with E-state index in [2.05, 4.69) is 33.4 Å². The first-order valence-corrected chi connectivity index (χ1v) is 8.79. The van der Waals surface area contributed by atoms with Crippen molar-refractivity contribution >= 4 is 6.08 Å². The highest BCUT2D eigenvalue weighted by atomic mass is 16.5. The maximum atomic E-state index is 9.57. The lowest BCUT2D eigenvalue weighted by molar-refractivity contribution is 0.191. The zero-order valence-corrected chi connectivity index (χ0v) is 14.9. The molecule has 0 aliphatic carbocycles. The van der Waals surface area contributed by atoms with Crippen molar-refractivity contribution in [3.05, 3.63) is 47.8 Å². The van der Waals surface area contributed by atoms with Gasteiger partial charge in [0.1, 0.15) is 11.4 Å². The number of aliphatic hydroxyl groups is 1. The second-order valence-electron chi connectivity index (χ2n) is 6.48. The van der Waals surface area contributed by atoms with Crippen LogP contribution in [-0.2, 0) is 0 Å². The number of rotatable bonds is 6. The second-order valence-corrected chi connectivity index (χ2v) is 6.48. The molecule has 2 aromatic rings. The SMILES string of the molecule is COc1ccccc1/C=C/CN1CCC(n2cc([C@H](C)O)nn2)CC1. The molecule has 0 saturated carbocycles. The molecule has 0 bridgehead atoms. The minimum absolute atomic E-state index is 0.370. The third kappa shape index (κ3) is 4.46. The van der Waals surface area contributed by atoms with Gasteiger partial charge in [0.25, 0.3) is 0 Å². The molecular weight excluding hydrogens is 316 g/mol. The van der Waals surface area contributed by atoms with Gasteiger partial charge in [-0.25, -0.2) is 4.68 Å². The highest BCUT2D eigenvalue weighted by molar-refractivity contribution is 5.57. The molecule has 0 radical (unpaired) electrons. The van der Waals surface area contributed by atoms with Gasteiger partial charge in [-0.05, 0) is 25.8 Å².